The molecule has 5 nitrogen and oxygen atoms in total. The second-order valence-corrected chi connectivity index (χ2v) is 6.03. The Bertz CT molecular complexity index is 648. The van der Waals surface area contributed by atoms with Crippen molar-refractivity contribution in [3.05, 3.63) is 47.4 Å². The fourth-order valence-electron chi connectivity index (χ4n) is 2.48. The minimum absolute atomic E-state index is 0.0755. The van der Waals surface area contributed by atoms with Crippen molar-refractivity contribution in [2.45, 2.75) is 27.7 Å². The van der Waals surface area contributed by atoms with Gasteiger partial charge in [-0.3, -0.25) is 4.79 Å². The Morgan fingerprint density at radius 3 is 2.78 bits per heavy atom. The third kappa shape index (κ3) is 4.42. The van der Waals surface area contributed by atoms with Gasteiger partial charge >= 0.3 is 0 Å². The number of ether oxygens (including phenoxy) is 1. The molecule has 0 fully saturated rings. The monoisotopic (exact) mass is 315 g/mol. The fraction of sp³-hybridized carbons (Fsp3) is 0.444. The number of rotatable bonds is 7. The van der Waals surface area contributed by atoms with E-state index in [9.17, 15) is 4.79 Å². The maximum absolute atomic E-state index is 12.4. The highest BCUT2D eigenvalue weighted by Gasteiger charge is 2.16. The fourth-order valence-corrected chi connectivity index (χ4v) is 2.48. The van der Waals surface area contributed by atoms with Crippen LogP contribution in [-0.2, 0) is 4.74 Å². The third-order valence-electron chi connectivity index (χ3n) is 3.54. The third-order valence-corrected chi connectivity index (χ3v) is 3.54. The van der Waals surface area contributed by atoms with Gasteiger partial charge in [0.05, 0.1) is 12.2 Å². The highest BCUT2D eigenvalue weighted by Crippen LogP contribution is 2.19. The lowest BCUT2D eigenvalue weighted by molar-refractivity contribution is 0.0886. The van der Waals surface area contributed by atoms with Crippen LogP contribution in [0.3, 0.4) is 0 Å². The molecule has 2 aromatic rings. The zero-order valence-corrected chi connectivity index (χ0v) is 14.3. The first kappa shape index (κ1) is 17.2. The van der Waals surface area contributed by atoms with Gasteiger partial charge in [-0.2, -0.15) is 0 Å². The van der Waals surface area contributed by atoms with Crippen molar-refractivity contribution in [3.63, 3.8) is 0 Å². The zero-order valence-electron chi connectivity index (χ0n) is 14.3. The summed E-state index contributed by atoms with van der Waals surface area (Å²) in [7, 11) is 0. The van der Waals surface area contributed by atoms with E-state index in [1.165, 1.54) is 0 Å². The Kier molecular flexibility index (Phi) is 5.93. The molecule has 0 spiro atoms. The maximum Gasteiger partial charge on any atom is 0.253 e. The van der Waals surface area contributed by atoms with Crippen molar-refractivity contribution < 1.29 is 9.53 Å². The van der Waals surface area contributed by atoms with Gasteiger partial charge in [-0.05, 0) is 38.0 Å². The summed E-state index contributed by atoms with van der Waals surface area (Å²) >= 11 is 0. The van der Waals surface area contributed by atoms with Gasteiger partial charge in [0, 0.05) is 30.7 Å². The molecule has 0 unspecified atom stereocenters. The summed E-state index contributed by atoms with van der Waals surface area (Å²) < 4.78 is 7.47. The molecule has 0 aliphatic carbocycles. The molecule has 0 atom stereocenters. The van der Waals surface area contributed by atoms with E-state index in [1.54, 1.807) is 6.20 Å². The quantitative estimate of drug-likeness (QED) is 0.799. The first-order valence-corrected chi connectivity index (χ1v) is 7.97. The van der Waals surface area contributed by atoms with E-state index in [4.69, 9.17) is 4.74 Å². The molecule has 23 heavy (non-hydrogen) atoms. The largest absolute Gasteiger partial charge is 0.379 e. The molecule has 1 N–H and O–H groups in total. The van der Waals surface area contributed by atoms with Gasteiger partial charge in [0.15, 0.2) is 0 Å². The van der Waals surface area contributed by atoms with Crippen LogP contribution in [0, 0.1) is 19.8 Å². The molecule has 2 heterocycles. The van der Waals surface area contributed by atoms with Gasteiger partial charge < -0.3 is 14.6 Å². The Morgan fingerprint density at radius 2 is 2.13 bits per heavy atom. The summed E-state index contributed by atoms with van der Waals surface area (Å²) in [6.45, 7) is 9.87. The van der Waals surface area contributed by atoms with E-state index in [2.05, 4.69) is 24.1 Å². The minimum Gasteiger partial charge on any atom is -0.379 e. The Balaban J connectivity index is 2.02. The second kappa shape index (κ2) is 7.92. The number of nitrogens with zero attached hydrogens (tertiary/aromatic N) is 2. The first-order valence-electron chi connectivity index (χ1n) is 7.97. The predicted molar refractivity (Wildman–Crippen MR) is 91.0 cm³/mol. The highest BCUT2D eigenvalue weighted by molar-refractivity contribution is 5.95. The summed E-state index contributed by atoms with van der Waals surface area (Å²) in [5.41, 5.74) is 2.56. The van der Waals surface area contributed by atoms with E-state index in [0.29, 0.717) is 31.2 Å². The van der Waals surface area contributed by atoms with Crippen molar-refractivity contribution in [2.24, 2.45) is 5.92 Å². The van der Waals surface area contributed by atoms with Gasteiger partial charge in [-0.25, -0.2) is 4.98 Å². The normalized spacial score (nSPS) is 11.0. The topological polar surface area (TPSA) is 56.1 Å². The molecule has 0 aliphatic heterocycles. The van der Waals surface area contributed by atoms with Crippen molar-refractivity contribution in [3.8, 4) is 5.82 Å². The lowest BCUT2D eigenvalue weighted by Gasteiger charge is -2.09. The first-order chi connectivity index (χ1) is 11.0. The van der Waals surface area contributed by atoms with Crippen LogP contribution in [0.15, 0.2) is 30.5 Å². The van der Waals surface area contributed by atoms with Crippen LogP contribution in [-0.4, -0.2) is 35.2 Å². The van der Waals surface area contributed by atoms with Gasteiger partial charge in [0.25, 0.3) is 5.91 Å². The SMILES string of the molecule is Cc1cc(C(=O)NCCOCC(C)C)c(C)n1-c1ccccn1. The van der Waals surface area contributed by atoms with Crippen LogP contribution in [0.2, 0.25) is 0 Å². The van der Waals surface area contributed by atoms with Crippen molar-refractivity contribution >= 4 is 5.91 Å². The highest BCUT2D eigenvalue weighted by atomic mass is 16.5. The van der Waals surface area contributed by atoms with Crippen LogP contribution in [0.5, 0.6) is 0 Å². The summed E-state index contributed by atoms with van der Waals surface area (Å²) in [5, 5.41) is 2.91. The van der Waals surface area contributed by atoms with E-state index in [-0.39, 0.29) is 5.91 Å². The van der Waals surface area contributed by atoms with Crippen LogP contribution < -0.4 is 5.32 Å². The molecular weight excluding hydrogens is 290 g/mol. The molecule has 0 aliphatic rings. The average Bonchev–Trinajstić information content (AvgIpc) is 2.82. The number of amides is 1. The Labute approximate surface area is 137 Å². The van der Waals surface area contributed by atoms with Crippen LogP contribution in [0.1, 0.15) is 35.6 Å². The van der Waals surface area contributed by atoms with Gasteiger partial charge in [-0.1, -0.05) is 19.9 Å². The van der Waals surface area contributed by atoms with Crippen molar-refractivity contribution in [2.75, 3.05) is 19.8 Å². The Hall–Kier alpha value is -2.14. The number of carbonyl (C=O) groups is 1. The molecule has 0 radical (unpaired) electrons. The summed E-state index contributed by atoms with van der Waals surface area (Å²) in [6, 6.07) is 7.64. The molecule has 2 aromatic heterocycles. The average molecular weight is 315 g/mol. The molecule has 0 saturated carbocycles. The van der Waals surface area contributed by atoms with E-state index >= 15 is 0 Å². The van der Waals surface area contributed by atoms with Crippen LogP contribution >= 0.6 is 0 Å². The van der Waals surface area contributed by atoms with Crippen LogP contribution in [0.4, 0.5) is 0 Å². The number of pyridine rings is 1. The molecular formula is C18H25N3O2. The number of nitrogens with one attached hydrogen (secondary N) is 1. The van der Waals surface area contributed by atoms with Gasteiger partial charge in [0.2, 0.25) is 0 Å². The number of hydrogen-bond donors (Lipinski definition) is 1. The summed E-state index contributed by atoms with van der Waals surface area (Å²) in [4.78, 5) is 16.7. The van der Waals surface area contributed by atoms with E-state index in [1.807, 2.05) is 42.7 Å². The molecule has 2 rings (SSSR count). The lowest BCUT2D eigenvalue weighted by Crippen LogP contribution is -2.28. The number of hydrogen-bond acceptors (Lipinski definition) is 3. The Morgan fingerprint density at radius 1 is 1.35 bits per heavy atom. The smallest absolute Gasteiger partial charge is 0.253 e. The van der Waals surface area contributed by atoms with Crippen molar-refractivity contribution in [1.82, 2.24) is 14.9 Å². The molecule has 124 valence electrons. The van der Waals surface area contributed by atoms with E-state index < -0.39 is 0 Å². The summed E-state index contributed by atoms with van der Waals surface area (Å²) in [5.74, 6) is 1.25. The number of aryl methyl sites for hydroxylation is 1. The predicted octanol–water partition coefficient (Wildman–Crippen LogP) is 2.89. The van der Waals surface area contributed by atoms with Gasteiger partial charge in [0.1, 0.15) is 5.82 Å². The standard InChI is InChI=1S/C18H25N3O2/c1-13(2)12-23-10-9-20-18(22)16-11-14(3)21(15(16)4)17-7-5-6-8-19-17/h5-8,11,13H,9-10,12H2,1-4H3,(H,20,22). The second-order valence-electron chi connectivity index (χ2n) is 6.03. The number of carbonyl (C=O) groups excluding carboxylic acids is 1. The molecule has 0 bridgehead atoms. The van der Waals surface area contributed by atoms with Crippen LogP contribution in [0.25, 0.3) is 5.82 Å². The van der Waals surface area contributed by atoms with E-state index in [0.717, 1.165) is 17.2 Å². The zero-order chi connectivity index (χ0) is 16.8. The number of aromatic nitrogens is 2. The summed E-state index contributed by atoms with van der Waals surface area (Å²) in [6.07, 6.45) is 1.75. The minimum atomic E-state index is -0.0755. The molecule has 0 aromatic carbocycles. The maximum atomic E-state index is 12.4. The van der Waals surface area contributed by atoms with Gasteiger partial charge in [-0.15, -0.1) is 0 Å². The molecule has 1 amide bonds. The lowest BCUT2D eigenvalue weighted by atomic mass is 10.2. The van der Waals surface area contributed by atoms with Crippen molar-refractivity contribution in [1.29, 1.82) is 0 Å². The molecule has 0 saturated heterocycles. The molecule has 5 heteroatoms.